The Balaban J connectivity index is 2.08. The Labute approximate surface area is 140 Å². The number of allylic oxidation sites excluding steroid dienone is 1. The van der Waals surface area contributed by atoms with Crippen molar-refractivity contribution in [1.29, 1.82) is 0 Å². The number of anilines is 1. The van der Waals surface area contributed by atoms with Crippen molar-refractivity contribution in [3.8, 4) is 0 Å². The summed E-state index contributed by atoms with van der Waals surface area (Å²) < 4.78 is 6.85. The fraction of sp³-hybridized carbons (Fsp3) is 0.412. The van der Waals surface area contributed by atoms with Crippen LogP contribution in [0.15, 0.2) is 35.5 Å². The molecule has 0 amide bonds. The summed E-state index contributed by atoms with van der Waals surface area (Å²) in [5.41, 5.74) is 3.41. The number of carbonyl (C=O) groups is 1. The van der Waals surface area contributed by atoms with Gasteiger partial charge in [0.1, 0.15) is 6.04 Å². The second kappa shape index (κ2) is 6.43. The summed E-state index contributed by atoms with van der Waals surface area (Å²) in [6.07, 6.45) is 0. The molecule has 0 spiro atoms. The van der Waals surface area contributed by atoms with Gasteiger partial charge in [-0.3, -0.25) is 0 Å². The fourth-order valence-electron chi connectivity index (χ4n) is 2.86. The number of carbonyl (C=O) groups excluding carboxylic acids is 1. The van der Waals surface area contributed by atoms with E-state index in [1.54, 1.807) is 11.6 Å². The first kappa shape index (κ1) is 16.2. The van der Waals surface area contributed by atoms with Gasteiger partial charge in [0.15, 0.2) is 0 Å². The lowest BCUT2D eigenvalue weighted by Gasteiger charge is -2.27. The van der Waals surface area contributed by atoms with Crippen molar-refractivity contribution in [1.82, 2.24) is 20.2 Å². The molecule has 1 aromatic carbocycles. The van der Waals surface area contributed by atoms with Gasteiger partial charge >= 0.3 is 5.97 Å². The van der Waals surface area contributed by atoms with Crippen LogP contribution in [0, 0.1) is 0 Å². The van der Waals surface area contributed by atoms with Gasteiger partial charge in [0.2, 0.25) is 5.95 Å². The SMILES string of the molecule is CCOC(=O)C1=C(C)Nc2nnnn2C1c1ccc(C(C)C)cc1. The molecule has 24 heavy (non-hydrogen) atoms. The van der Waals surface area contributed by atoms with Gasteiger partial charge < -0.3 is 10.1 Å². The standard InChI is InChI=1S/C17H21N5O2/c1-5-24-16(23)14-11(4)18-17-19-20-21-22(17)15(14)13-8-6-12(7-9-13)10(2)3/h6-10,15H,5H2,1-4H3,(H,18,19,21). The average Bonchev–Trinajstić information content (AvgIpc) is 3.01. The fourth-order valence-corrected chi connectivity index (χ4v) is 2.86. The van der Waals surface area contributed by atoms with E-state index in [9.17, 15) is 4.79 Å². The normalized spacial score (nSPS) is 16.8. The van der Waals surface area contributed by atoms with E-state index in [0.717, 1.165) is 5.56 Å². The van der Waals surface area contributed by atoms with Crippen molar-refractivity contribution < 1.29 is 9.53 Å². The molecule has 1 aromatic heterocycles. The van der Waals surface area contributed by atoms with E-state index in [-0.39, 0.29) is 5.97 Å². The number of nitrogens with zero attached hydrogens (tertiary/aromatic N) is 4. The number of rotatable bonds is 4. The maximum absolute atomic E-state index is 12.5. The van der Waals surface area contributed by atoms with E-state index >= 15 is 0 Å². The number of fused-ring (bicyclic) bond motifs is 1. The second-order valence-electron chi connectivity index (χ2n) is 6.06. The van der Waals surface area contributed by atoms with Gasteiger partial charge in [-0.25, -0.2) is 4.79 Å². The van der Waals surface area contributed by atoms with Gasteiger partial charge in [-0.15, -0.1) is 0 Å². The first-order chi connectivity index (χ1) is 11.5. The highest BCUT2D eigenvalue weighted by Crippen LogP contribution is 2.35. The minimum atomic E-state index is -0.406. The van der Waals surface area contributed by atoms with Crippen LogP contribution in [0.25, 0.3) is 0 Å². The summed E-state index contributed by atoms with van der Waals surface area (Å²) in [4.78, 5) is 12.5. The summed E-state index contributed by atoms with van der Waals surface area (Å²) >= 11 is 0. The summed E-state index contributed by atoms with van der Waals surface area (Å²) in [6.45, 7) is 8.23. The molecule has 0 aliphatic carbocycles. The first-order valence-electron chi connectivity index (χ1n) is 8.05. The molecule has 1 N–H and O–H groups in total. The third-order valence-corrected chi connectivity index (χ3v) is 4.13. The van der Waals surface area contributed by atoms with Gasteiger partial charge in [0.25, 0.3) is 0 Å². The zero-order valence-corrected chi connectivity index (χ0v) is 14.3. The van der Waals surface area contributed by atoms with E-state index in [1.165, 1.54) is 5.56 Å². The molecule has 0 fully saturated rings. The molecule has 0 saturated heterocycles. The second-order valence-corrected chi connectivity index (χ2v) is 6.06. The number of hydrogen-bond acceptors (Lipinski definition) is 6. The summed E-state index contributed by atoms with van der Waals surface area (Å²) in [5, 5.41) is 14.8. The van der Waals surface area contributed by atoms with Gasteiger partial charge in [-0.1, -0.05) is 43.2 Å². The molecule has 0 saturated carbocycles. The van der Waals surface area contributed by atoms with Crippen LogP contribution in [0.3, 0.4) is 0 Å². The lowest BCUT2D eigenvalue weighted by atomic mass is 9.93. The molecule has 1 aliphatic rings. The molecule has 2 aromatic rings. The molecule has 1 unspecified atom stereocenters. The summed E-state index contributed by atoms with van der Waals surface area (Å²) in [7, 11) is 0. The van der Waals surface area contributed by atoms with Gasteiger partial charge in [0, 0.05) is 5.70 Å². The van der Waals surface area contributed by atoms with E-state index in [1.807, 2.05) is 19.1 Å². The molecule has 3 rings (SSSR count). The lowest BCUT2D eigenvalue weighted by molar-refractivity contribution is -0.139. The van der Waals surface area contributed by atoms with Crippen LogP contribution in [0.4, 0.5) is 5.95 Å². The Bertz CT molecular complexity index is 777. The van der Waals surface area contributed by atoms with E-state index < -0.39 is 6.04 Å². The van der Waals surface area contributed by atoms with Crippen LogP contribution in [0.5, 0.6) is 0 Å². The Hall–Kier alpha value is -2.70. The molecule has 0 radical (unpaired) electrons. The first-order valence-corrected chi connectivity index (χ1v) is 8.05. The van der Waals surface area contributed by atoms with Gasteiger partial charge in [-0.2, -0.15) is 4.68 Å². The molecule has 2 heterocycles. The van der Waals surface area contributed by atoms with Crippen LogP contribution < -0.4 is 5.32 Å². The third-order valence-electron chi connectivity index (χ3n) is 4.13. The average molecular weight is 327 g/mol. The maximum Gasteiger partial charge on any atom is 0.338 e. The molecule has 1 aliphatic heterocycles. The Morgan fingerprint density at radius 3 is 2.67 bits per heavy atom. The quantitative estimate of drug-likeness (QED) is 0.869. The van der Waals surface area contributed by atoms with Gasteiger partial charge in [0.05, 0.1) is 12.2 Å². The number of tetrazole rings is 1. The number of hydrogen-bond donors (Lipinski definition) is 1. The number of esters is 1. The van der Waals surface area contributed by atoms with E-state index in [4.69, 9.17) is 4.74 Å². The Morgan fingerprint density at radius 2 is 2.04 bits per heavy atom. The molecular weight excluding hydrogens is 306 g/mol. The number of ether oxygens (including phenoxy) is 1. The third kappa shape index (κ3) is 2.77. The molecule has 126 valence electrons. The number of aromatic nitrogens is 4. The smallest absolute Gasteiger partial charge is 0.338 e. The van der Waals surface area contributed by atoms with Crippen molar-refractivity contribution >= 4 is 11.9 Å². The minimum Gasteiger partial charge on any atom is -0.463 e. The molecular formula is C17H21N5O2. The molecule has 7 heteroatoms. The van der Waals surface area contributed by atoms with Crippen molar-refractivity contribution in [3.63, 3.8) is 0 Å². The van der Waals surface area contributed by atoms with Crippen molar-refractivity contribution in [2.75, 3.05) is 11.9 Å². The zero-order valence-electron chi connectivity index (χ0n) is 14.3. The summed E-state index contributed by atoms with van der Waals surface area (Å²) in [5.74, 6) is 0.595. The van der Waals surface area contributed by atoms with Crippen LogP contribution in [-0.2, 0) is 9.53 Å². The van der Waals surface area contributed by atoms with Crippen molar-refractivity contribution in [2.24, 2.45) is 0 Å². The van der Waals surface area contributed by atoms with Crippen LogP contribution in [0.1, 0.15) is 50.8 Å². The number of benzene rings is 1. The molecule has 0 bridgehead atoms. The van der Waals surface area contributed by atoms with Crippen molar-refractivity contribution in [2.45, 2.75) is 39.7 Å². The largest absolute Gasteiger partial charge is 0.463 e. The molecule has 7 nitrogen and oxygen atoms in total. The van der Waals surface area contributed by atoms with E-state index in [2.05, 4.69) is 46.8 Å². The topological polar surface area (TPSA) is 81.9 Å². The Morgan fingerprint density at radius 1 is 1.33 bits per heavy atom. The lowest BCUT2D eigenvalue weighted by Crippen LogP contribution is -2.29. The zero-order chi connectivity index (χ0) is 17.3. The monoisotopic (exact) mass is 327 g/mol. The van der Waals surface area contributed by atoms with Crippen LogP contribution in [0.2, 0.25) is 0 Å². The van der Waals surface area contributed by atoms with E-state index in [0.29, 0.717) is 29.7 Å². The maximum atomic E-state index is 12.5. The predicted octanol–water partition coefficient (Wildman–Crippen LogP) is 2.65. The highest BCUT2D eigenvalue weighted by atomic mass is 16.5. The molecule has 1 atom stereocenters. The van der Waals surface area contributed by atoms with Gasteiger partial charge in [-0.05, 0) is 41.3 Å². The highest BCUT2D eigenvalue weighted by molar-refractivity contribution is 5.92. The van der Waals surface area contributed by atoms with Crippen molar-refractivity contribution in [3.05, 3.63) is 46.7 Å². The number of nitrogens with one attached hydrogen (secondary N) is 1. The predicted molar refractivity (Wildman–Crippen MR) is 89.4 cm³/mol. The summed E-state index contributed by atoms with van der Waals surface area (Å²) in [6, 6.07) is 7.78. The Kier molecular flexibility index (Phi) is 4.33. The minimum absolute atomic E-state index is 0.317. The highest BCUT2D eigenvalue weighted by Gasteiger charge is 2.34. The van der Waals surface area contributed by atoms with Crippen LogP contribution in [-0.4, -0.2) is 32.8 Å². The van der Waals surface area contributed by atoms with Crippen LogP contribution >= 0.6 is 0 Å².